The summed E-state index contributed by atoms with van der Waals surface area (Å²) in [5, 5.41) is 7.16. The molecule has 0 fully saturated rings. The Kier molecular flexibility index (Phi) is 5.93. The molecule has 0 aliphatic carbocycles. The van der Waals surface area contributed by atoms with Crippen LogP contribution >= 0.6 is 7.82 Å². The van der Waals surface area contributed by atoms with Gasteiger partial charge in [0.25, 0.3) is 0 Å². The van der Waals surface area contributed by atoms with Crippen molar-refractivity contribution in [3.63, 3.8) is 0 Å². The van der Waals surface area contributed by atoms with E-state index in [1.165, 1.54) is 24.3 Å². The van der Waals surface area contributed by atoms with Gasteiger partial charge in [-0.1, -0.05) is 0 Å². The van der Waals surface area contributed by atoms with Gasteiger partial charge in [-0.25, -0.2) is 8.96 Å². The van der Waals surface area contributed by atoms with E-state index < -0.39 is 13.6 Å². The highest BCUT2D eigenvalue weighted by molar-refractivity contribution is 7.48. The third-order valence-corrected chi connectivity index (χ3v) is 3.55. The lowest BCUT2D eigenvalue weighted by Crippen LogP contribution is -2.00. The minimum absolute atomic E-state index is 0.131. The maximum absolute atomic E-state index is 12.8. The van der Waals surface area contributed by atoms with Crippen molar-refractivity contribution in [3.8, 4) is 0 Å². The van der Waals surface area contributed by atoms with Gasteiger partial charge >= 0.3 is 7.82 Å². The molecule has 7 heteroatoms. The molecule has 0 atom stereocenters. The molecule has 0 aliphatic rings. The lowest BCUT2D eigenvalue weighted by atomic mass is 10.2. The van der Waals surface area contributed by atoms with Crippen LogP contribution in [0.1, 0.15) is 19.4 Å². The summed E-state index contributed by atoms with van der Waals surface area (Å²) in [6.45, 7) is 3.54. The first-order valence-electron chi connectivity index (χ1n) is 5.69. The largest absolute Gasteiger partial charge is 0.530 e. The summed E-state index contributed by atoms with van der Waals surface area (Å²) in [5.41, 5.74) is 0.357. The van der Waals surface area contributed by atoms with Gasteiger partial charge in [-0.2, -0.15) is 0 Å². The van der Waals surface area contributed by atoms with Crippen LogP contribution < -0.4 is 0 Å². The molecule has 104 valence electrons. The summed E-state index contributed by atoms with van der Waals surface area (Å²) < 4.78 is 39.9. The van der Waals surface area contributed by atoms with E-state index in [0.29, 0.717) is 5.56 Å². The topological polar surface area (TPSA) is 68.6 Å². The average Bonchev–Trinajstić information content (AvgIpc) is 2.38. The summed E-state index contributed by atoms with van der Waals surface area (Å²) >= 11 is 0. The molecule has 0 bridgehead atoms. The molecule has 0 saturated heterocycles. The van der Waals surface area contributed by atoms with Crippen molar-refractivity contribution in [2.24, 2.45) is 0 Å². The molecule has 0 aromatic heterocycles. The smallest absolute Gasteiger partial charge is 0.393 e. The van der Waals surface area contributed by atoms with Crippen LogP contribution in [0.4, 0.5) is 4.39 Å². The van der Waals surface area contributed by atoms with Crippen molar-refractivity contribution in [1.29, 1.82) is 5.41 Å². The number of hydrogen-bond donors (Lipinski definition) is 1. The third kappa shape index (κ3) is 4.62. The highest BCUT2D eigenvalue weighted by Crippen LogP contribution is 2.52. The highest BCUT2D eigenvalue weighted by atomic mass is 31.2. The Hall–Kier alpha value is -1.45. The van der Waals surface area contributed by atoms with Gasteiger partial charge in [0, 0.05) is 11.4 Å². The van der Waals surface area contributed by atoms with Crippen molar-refractivity contribution in [2.75, 3.05) is 13.2 Å². The van der Waals surface area contributed by atoms with E-state index in [1.807, 2.05) is 5.87 Å². The first-order valence-corrected chi connectivity index (χ1v) is 7.15. The summed E-state index contributed by atoms with van der Waals surface area (Å²) in [7, 11) is -3.78. The van der Waals surface area contributed by atoms with Crippen LogP contribution in [-0.2, 0) is 18.1 Å². The van der Waals surface area contributed by atoms with E-state index in [1.54, 1.807) is 13.8 Å². The molecule has 0 spiro atoms. The summed E-state index contributed by atoms with van der Waals surface area (Å²) in [6, 6.07) is 5.16. The van der Waals surface area contributed by atoms with Gasteiger partial charge in [-0.3, -0.25) is 14.5 Å². The van der Waals surface area contributed by atoms with Gasteiger partial charge in [0.1, 0.15) is 5.82 Å². The van der Waals surface area contributed by atoms with E-state index >= 15 is 0 Å². The van der Waals surface area contributed by atoms with Gasteiger partial charge in [-0.05, 0) is 38.1 Å². The SMILES string of the molecule is CCOP(=O)(OCC)OC(=C=N)c1ccc(F)cc1. The number of benzene rings is 1. The second kappa shape index (κ2) is 7.22. The zero-order valence-electron chi connectivity index (χ0n) is 10.7. The predicted octanol–water partition coefficient (Wildman–Crippen LogP) is 3.61. The Morgan fingerprint density at radius 1 is 1.26 bits per heavy atom. The first kappa shape index (κ1) is 15.6. The molecule has 1 rings (SSSR count). The fraction of sp³-hybridized carbons (Fsp3) is 0.333. The van der Waals surface area contributed by atoms with Gasteiger partial charge < -0.3 is 4.52 Å². The van der Waals surface area contributed by atoms with Gasteiger partial charge in [-0.15, -0.1) is 0 Å². The Labute approximate surface area is 111 Å². The van der Waals surface area contributed by atoms with Crippen LogP contribution in [0.25, 0.3) is 5.76 Å². The van der Waals surface area contributed by atoms with Crippen molar-refractivity contribution >= 4 is 19.5 Å². The van der Waals surface area contributed by atoms with Crippen molar-refractivity contribution in [1.82, 2.24) is 0 Å². The Balaban J connectivity index is 2.95. The Morgan fingerprint density at radius 2 is 1.79 bits per heavy atom. The predicted molar refractivity (Wildman–Crippen MR) is 69.5 cm³/mol. The van der Waals surface area contributed by atoms with Crippen LogP contribution in [0.15, 0.2) is 24.3 Å². The number of nitrogens with one attached hydrogen (secondary N) is 1. The van der Waals surface area contributed by atoms with Crippen LogP contribution in [0.2, 0.25) is 0 Å². The summed E-state index contributed by atoms with van der Waals surface area (Å²) in [4.78, 5) is 0. The molecule has 0 saturated carbocycles. The number of phosphoric acid groups is 1. The minimum atomic E-state index is -3.78. The highest BCUT2D eigenvalue weighted by Gasteiger charge is 2.29. The second-order valence-corrected chi connectivity index (χ2v) is 4.93. The van der Waals surface area contributed by atoms with Gasteiger partial charge in [0.2, 0.25) is 0 Å². The summed E-state index contributed by atoms with van der Waals surface area (Å²) in [6.07, 6.45) is 0. The average molecular weight is 287 g/mol. The Bertz CT molecular complexity index is 501. The second-order valence-electron chi connectivity index (χ2n) is 3.34. The van der Waals surface area contributed by atoms with Crippen molar-refractivity contribution < 1.29 is 22.5 Å². The molecular formula is C12H15FNO4P. The number of phosphoric ester groups is 1. The third-order valence-electron chi connectivity index (χ3n) is 2.00. The van der Waals surface area contributed by atoms with E-state index in [9.17, 15) is 8.96 Å². The molecular weight excluding hydrogens is 272 g/mol. The van der Waals surface area contributed by atoms with Gasteiger partial charge in [0.15, 0.2) is 5.76 Å². The van der Waals surface area contributed by atoms with Crippen LogP contribution in [-0.4, -0.2) is 19.1 Å². The molecule has 0 amide bonds. The molecule has 19 heavy (non-hydrogen) atoms. The van der Waals surface area contributed by atoms with Crippen molar-refractivity contribution in [2.45, 2.75) is 13.8 Å². The fourth-order valence-corrected chi connectivity index (χ4v) is 2.45. The van der Waals surface area contributed by atoms with E-state index in [2.05, 4.69) is 0 Å². The zero-order valence-corrected chi connectivity index (χ0v) is 11.6. The molecule has 5 nitrogen and oxygen atoms in total. The number of halogens is 1. The zero-order chi connectivity index (χ0) is 14.3. The lowest BCUT2D eigenvalue weighted by molar-refractivity contribution is 0.160. The normalized spacial score (nSPS) is 10.9. The van der Waals surface area contributed by atoms with Crippen LogP contribution in [0, 0.1) is 11.2 Å². The monoisotopic (exact) mass is 287 g/mol. The van der Waals surface area contributed by atoms with Gasteiger partial charge in [0.05, 0.1) is 13.2 Å². The van der Waals surface area contributed by atoms with E-state index in [0.717, 1.165) is 0 Å². The maximum atomic E-state index is 12.8. The quantitative estimate of drug-likeness (QED) is 0.472. The molecule has 1 aromatic carbocycles. The van der Waals surface area contributed by atoms with E-state index in [-0.39, 0.29) is 19.0 Å². The first-order chi connectivity index (χ1) is 9.04. The number of hydrogen-bond acceptors (Lipinski definition) is 5. The molecule has 0 aliphatic heterocycles. The molecule has 0 radical (unpaired) electrons. The summed E-state index contributed by atoms with van der Waals surface area (Å²) in [5.74, 6) is 1.44. The fourth-order valence-electron chi connectivity index (χ4n) is 1.27. The molecule has 1 aromatic rings. The van der Waals surface area contributed by atoms with E-state index in [4.69, 9.17) is 19.0 Å². The minimum Gasteiger partial charge on any atom is -0.393 e. The molecule has 0 heterocycles. The van der Waals surface area contributed by atoms with Crippen molar-refractivity contribution in [3.05, 3.63) is 35.6 Å². The number of rotatable bonds is 7. The Morgan fingerprint density at radius 3 is 2.21 bits per heavy atom. The van der Waals surface area contributed by atoms with Crippen LogP contribution in [0.3, 0.4) is 0 Å². The van der Waals surface area contributed by atoms with Crippen LogP contribution in [0.5, 0.6) is 0 Å². The molecule has 0 unspecified atom stereocenters. The molecule has 1 N–H and O–H groups in total. The standard InChI is InChI=1S/C12H15FNO4P/c1-3-16-19(15,17-4-2)18-12(9-14)10-5-7-11(13)8-6-10/h5-8,14H,3-4H2,1-2H3. The maximum Gasteiger partial charge on any atom is 0.530 e. The lowest BCUT2D eigenvalue weighted by Gasteiger charge is -2.17.